The van der Waals surface area contributed by atoms with Crippen LogP contribution in [0.2, 0.25) is 5.15 Å². The highest BCUT2D eigenvalue weighted by atomic mass is 35.5. The minimum atomic E-state index is 0.524. The maximum atomic E-state index is 6.15. The van der Waals surface area contributed by atoms with E-state index in [1.807, 2.05) is 0 Å². The minimum Gasteiger partial charge on any atom is -0.311 e. The van der Waals surface area contributed by atoms with E-state index >= 15 is 0 Å². The van der Waals surface area contributed by atoms with E-state index in [0.717, 1.165) is 32.6 Å². The van der Waals surface area contributed by atoms with Crippen molar-refractivity contribution < 1.29 is 0 Å². The second kappa shape index (κ2) is 3.47. The molecule has 0 bridgehead atoms. The first-order chi connectivity index (χ1) is 7.25. The summed E-state index contributed by atoms with van der Waals surface area (Å²) in [6.45, 7) is 4.10. The first-order valence-corrected chi connectivity index (χ1v) is 5.78. The van der Waals surface area contributed by atoms with Crippen LogP contribution in [-0.2, 0) is 13.0 Å². The number of fused-ring (bicyclic) bond motifs is 1. The largest absolute Gasteiger partial charge is 0.311 e. The predicted molar refractivity (Wildman–Crippen MR) is 59.2 cm³/mol. The van der Waals surface area contributed by atoms with Crippen LogP contribution in [-0.4, -0.2) is 41.4 Å². The Morgan fingerprint density at radius 2 is 2.27 bits per heavy atom. The Kier molecular flexibility index (Phi) is 2.23. The summed E-state index contributed by atoms with van der Waals surface area (Å²) in [7, 11) is 2.13. The van der Waals surface area contributed by atoms with E-state index in [2.05, 4.69) is 27.0 Å². The van der Waals surface area contributed by atoms with Crippen LogP contribution in [0.3, 0.4) is 0 Å². The van der Waals surface area contributed by atoms with Crippen molar-refractivity contribution in [2.45, 2.75) is 19.0 Å². The molecule has 3 heterocycles. The van der Waals surface area contributed by atoms with Gasteiger partial charge in [0.15, 0.2) is 5.15 Å². The second-order valence-corrected chi connectivity index (χ2v) is 4.82. The van der Waals surface area contributed by atoms with Crippen LogP contribution in [0.15, 0.2) is 0 Å². The van der Waals surface area contributed by atoms with Crippen LogP contribution in [0.1, 0.15) is 17.3 Å². The number of hydrogen-bond acceptors (Lipinski definition) is 3. The summed E-state index contributed by atoms with van der Waals surface area (Å²) < 4.78 is 2.13. The molecule has 1 N–H and O–H groups in total. The molecule has 1 aromatic heterocycles. The fourth-order valence-electron chi connectivity index (χ4n) is 2.45. The van der Waals surface area contributed by atoms with Gasteiger partial charge in [-0.25, -0.2) is 0 Å². The van der Waals surface area contributed by atoms with Gasteiger partial charge in [-0.3, -0.25) is 4.68 Å². The van der Waals surface area contributed by atoms with E-state index in [1.54, 1.807) is 0 Å². The summed E-state index contributed by atoms with van der Waals surface area (Å²) in [5, 5.41) is 8.55. The van der Waals surface area contributed by atoms with Crippen molar-refractivity contribution >= 4 is 11.6 Å². The van der Waals surface area contributed by atoms with E-state index in [1.165, 1.54) is 11.3 Å². The molecule has 0 radical (unpaired) electrons. The summed E-state index contributed by atoms with van der Waals surface area (Å²) >= 11 is 6.15. The number of likely N-dealkylation sites (tertiary alicyclic amines) is 1. The van der Waals surface area contributed by atoms with Crippen LogP contribution in [0.5, 0.6) is 0 Å². The Morgan fingerprint density at radius 3 is 3.00 bits per heavy atom. The van der Waals surface area contributed by atoms with Gasteiger partial charge in [-0.15, -0.1) is 0 Å². The lowest BCUT2D eigenvalue weighted by Crippen LogP contribution is -2.46. The van der Waals surface area contributed by atoms with Crippen LogP contribution >= 0.6 is 11.6 Å². The number of nitrogens with zero attached hydrogens (tertiary/aromatic N) is 3. The topological polar surface area (TPSA) is 33.1 Å². The van der Waals surface area contributed by atoms with Crippen molar-refractivity contribution in [3.05, 3.63) is 16.4 Å². The van der Waals surface area contributed by atoms with Crippen molar-refractivity contribution in [2.75, 3.05) is 26.7 Å². The van der Waals surface area contributed by atoms with E-state index in [-0.39, 0.29) is 0 Å². The summed E-state index contributed by atoms with van der Waals surface area (Å²) in [5.41, 5.74) is 2.55. The molecule has 0 atom stereocenters. The zero-order valence-corrected chi connectivity index (χ0v) is 9.59. The highest BCUT2D eigenvalue weighted by molar-refractivity contribution is 6.30. The van der Waals surface area contributed by atoms with Crippen LogP contribution < -0.4 is 5.32 Å². The van der Waals surface area contributed by atoms with Gasteiger partial charge in [0.1, 0.15) is 0 Å². The van der Waals surface area contributed by atoms with E-state index in [4.69, 9.17) is 11.6 Å². The maximum absolute atomic E-state index is 6.15. The molecule has 2 aliphatic heterocycles. The molecule has 5 heteroatoms. The van der Waals surface area contributed by atoms with E-state index < -0.39 is 0 Å². The number of rotatable bonds is 1. The van der Waals surface area contributed by atoms with Crippen molar-refractivity contribution in [2.24, 2.45) is 0 Å². The molecule has 0 aromatic carbocycles. The van der Waals surface area contributed by atoms with Gasteiger partial charge in [-0.2, -0.15) is 5.10 Å². The minimum absolute atomic E-state index is 0.524. The number of aromatic nitrogens is 2. The van der Waals surface area contributed by atoms with Gasteiger partial charge in [-0.1, -0.05) is 11.6 Å². The van der Waals surface area contributed by atoms with E-state index in [0.29, 0.717) is 11.2 Å². The Balaban J connectivity index is 1.94. The fraction of sp³-hybridized carbons (Fsp3) is 0.700. The lowest BCUT2D eigenvalue weighted by molar-refractivity contribution is 0.127. The smallest absolute Gasteiger partial charge is 0.154 e. The third-order valence-corrected chi connectivity index (χ3v) is 3.61. The van der Waals surface area contributed by atoms with Gasteiger partial charge in [0.2, 0.25) is 0 Å². The average molecular weight is 227 g/mol. The maximum Gasteiger partial charge on any atom is 0.154 e. The Hall–Kier alpha value is -0.580. The number of likely N-dealkylation sites (N-methyl/N-ethyl adjacent to an activating group) is 1. The van der Waals surface area contributed by atoms with E-state index in [9.17, 15) is 0 Å². The Bertz CT molecular complexity index is 381. The fourth-order valence-corrected chi connectivity index (χ4v) is 2.74. The summed E-state index contributed by atoms with van der Waals surface area (Å²) in [4.78, 5) is 2.29. The zero-order chi connectivity index (χ0) is 10.4. The van der Waals surface area contributed by atoms with Crippen molar-refractivity contribution in [1.82, 2.24) is 20.0 Å². The zero-order valence-electron chi connectivity index (χ0n) is 8.83. The van der Waals surface area contributed by atoms with Gasteiger partial charge >= 0.3 is 0 Å². The second-order valence-electron chi connectivity index (χ2n) is 4.46. The van der Waals surface area contributed by atoms with Crippen LogP contribution in [0.4, 0.5) is 0 Å². The number of hydrogen-bond donors (Lipinski definition) is 1. The lowest BCUT2D eigenvalue weighted by Gasteiger charge is -2.37. The SMILES string of the molecule is CN1CC(n2nc(Cl)c3c2CNCC3)C1. The quantitative estimate of drug-likeness (QED) is 0.764. The van der Waals surface area contributed by atoms with Crippen LogP contribution in [0, 0.1) is 0 Å². The molecule has 0 spiro atoms. The molecule has 15 heavy (non-hydrogen) atoms. The molecule has 0 unspecified atom stereocenters. The summed E-state index contributed by atoms with van der Waals surface area (Å²) in [5.74, 6) is 0. The molecule has 0 amide bonds. The standard InChI is InChI=1S/C10H15ClN4/c1-14-5-7(6-14)15-9-4-12-3-2-8(9)10(11)13-15/h7,12H,2-6H2,1H3. The molecule has 0 saturated carbocycles. The third kappa shape index (κ3) is 1.48. The molecule has 82 valence electrons. The number of nitrogens with one attached hydrogen (secondary N) is 1. The van der Waals surface area contributed by atoms with Gasteiger partial charge < -0.3 is 10.2 Å². The Labute approximate surface area is 94.2 Å². The molecular formula is C10H15ClN4. The lowest BCUT2D eigenvalue weighted by atomic mass is 10.1. The van der Waals surface area contributed by atoms with Gasteiger partial charge in [-0.05, 0) is 20.0 Å². The van der Waals surface area contributed by atoms with Crippen molar-refractivity contribution in [3.8, 4) is 0 Å². The Morgan fingerprint density at radius 1 is 1.47 bits per heavy atom. The van der Waals surface area contributed by atoms with Gasteiger partial charge in [0, 0.05) is 25.2 Å². The molecule has 3 rings (SSSR count). The number of halogens is 1. The summed E-state index contributed by atoms with van der Waals surface area (Å²) in [6.07, 6.45) is 1.01. The van der Waals surface area contributed by atoms with Crippen molar-refractivity contribution in [1.29, 1.82) is 0 Å². The first kappa shape index (κ1) is 9.63. The van der Waals surface area contributed by atoms with Gasteiger partial charge in [0.05, 0.1) is 11.7 Å². The van der Waals surface area contributed by atoms with Crippen LogP contribution in [0.25, 0.3) is 0 Å². The molecule has 1 aromatic rings. The normalized spacial score (nSPS) is 22.5. The summed E-state index contributed by atoms with van der Waals surface area (Å²) in [6, 6.07) is 0.524. The first-order valence-electron chi connectivity index (χ1n) is 5.40. The molecule has 0 aliphatic carbocycles. The molecule has 1 saturated heterocycles. The highest BCUT2D eigenvalue weighted by Crippen LogP contribution is 2.28. The van der Waals surface area contributed by atoms with Crippen molar-refractivity contribution in [3.63, 3.8) is 0 Å². The average Bonchev–Trinajstić information content (AvgIpc) is 2.52. The molecule has 1 fully saturated rings. The monoisotopic (exact) mass is 226 g/mol. The molecule has 4 nitrogen and oxygen atoms in total. The third-order valence-electron chi connectivity index (χ3n) is 3.30. The predicted octanol–water partition coefficient (Wildman–Crippen LogP) is 0.669. The van der Waals surface area contributed by atoms with Gasteiger partial charge in [0.25, 0.3) is 0 Å². The molecule has 2 aliphatic rings. The molecular weight excluding hydrogens is 212 g/mol. The highest BCUT2D eigenvalue weighted by Gasteiger charge is 2.30.